The normalized spacial score (nSPS) is 14.6. The minimum atomic E-state index is 0.0199. The van der Waals surface area contributed by atoms with Gasteiger partial charge in [-0.05, 0) is 39.0 Å². The maximum atomic E-state index is 12.6. The molecule has 1 aromatic rings. The maximum Gasteiger partial charge on any atom is 0.268 e. The molecule has 1 aliphatic rings. The van der Waals surface area contributed by atoms with E-state index in [4.69, 9.17) is 5.73 Å². The summed E-state index contributed by atoms with van der Waals surface area (Å²) in [5.74, 6) is 1.04. The molecule has 1 heterocycles. The number of nitrogens with zero attached hydrogens (tertiary/aromatic N) is 2. The highest BCUT2D eigenvalue weighted by molar-refractivity contribution is 7.18. The highest BCUT2D eigenvalue weighted by Crippen LogP contribution is 2.32. The Hall–Kier alpha value is -1.30. The van der Waals surface area contributed by atoms with Crippen LogP contribution in [0.1, 0.15) is 49.7 Å². The highest BCUT2D eigenvalue weighted by Gasteiger charge is 2.30. The van der Waals surface area contributed by atoms with E-state index in [2.05, 4.69) is 17.2 Å². The number of carbonyl (C=O) groups excluding carboxylic acids is 1. The van der Waals surface area contributed by atoms with E-state index in [0.29, 0.717) is 16.6 Å². The Morgan fingerprint density at radius 2 is 2.25 bits per heavy atom. The molecule has 2 rings (SSSR count). The van der Waals surface area contributed by atoms with Crippen molar-refractivity contribution in [3.05, 3.63) is 4.88 Å². The fourth-order valence-corrected chi connectivity index (χ4v) is 2.90. The molecule has 0 radical (unpaired) electrons. The standard InChI is InChI=1S/C14H24N4OS/c1-4-7-16-14-17-12(15)11(20-14)13(19)18(9(2)3)8-10-5-6-10/h9-10H,4-8,15H2,1-3H3,(H,16,17). The van der Waals surface area contributed by atoms with Gasteiger partial charge < -0.3 is 16.0 Å². The van der Waals surface area contributed by atoms with Crippen LogP contribution in [-0.2, 0) is 0 Å². The molecule has 0 aromatic carbocycles. The van der Waals surface area contributed by atoms with E-state index in [9.17, 15) is 4.79 Å². The zero-order valence-corrected chi connectivity index (χ0v) is 13.3. The summed E-state index contributed by atoms with van der Waals surface area (Å²) in [5.41, 5.74) is 5.91. The average Bonchev–Trinajstić information content (AvgIpc) is 3.15. The van der Waals surface area contributed by atoms with Crippen molar-refractivity contribution in [3.8, 4) is 0 Å². The number of thiazole rings is 1. The van der Waals surface area contributed by atoms with Gasteiger partial charge >= 0.3 is 0 Å². The minimum absolute atomic E-state index is 0.0199. The van der Waals surface area contributed by atoms with E-state index in [1.165, 1.54) is 24.2 Å². The van der Waals surface area contributed by atoms with E-state index in [-0.39, 0.29) is 11.9 Å². The average molecular weight is 296 g/mol. The molecule has 0 unspecified atom stereocenters. The van der Waals surface area contributed by atoms with Crippen molar-refractivity contribution in [3.63, 3.8) is 0 Å². The van der Waals surface area contributed by atoms with Gasteiger partial charge in [0, 0.05) is 19.1 Å². The van der Waals surface area contributed by atoms with Crippen LogP contribution in [0.4, 0.5) is 10.9 Å². The Labute approximate surface area is 124 Å². The monoisotopic (exact) mass is 296 g/mol. The van der Waals surface area contributed by atoms with Gasteiger partial charge in [0.2, 0.25) is 0 Å². The summed E-state index contributed by atoms with van der Waals surface area (Å²) in [6.45, 7) is 7.87. The van der Waals surface area contributed by atoms with E-state index in [0.717, 1.165) is 24.6 Å². The molecule has 1 aliphatic carbocycles. The molecule has 20 heavy (non-hydrogen) atoms. The van der Waals surface area contributed by atoms with E-state index in [1.807, 2.05) is 18.7 Å². The predicted molar refractivity (Wildman–Crippen MR) is 84.2 cm³/mol. The predicted octanol–water partition coefficient (Wildman–Crippen LogP) is 2.81. The molecule has 3 N–H and O–H groups in total. The topological polar surface area (TPSA) is 71.2 Å². The number of nitrogens with two attached hydrogens (primary N) is 1. The number of carbonyl (C=O) groups is 1. The van der Waals surface area contributed by atoms with Gasteiger partial charge in [0.25, 0.3) is 5.91 Å². The quantitative estimate of drug-likeness (QED) is 0.811. The largest absolute Gasteiger partial charge is 0.382 e. The lowest BCUT2D eigenvalue weighted by molar-refractivity contribution is 0.0702. The molecule has 0 saturated heterocycles. The Kier molecular flexibility index (Phi) is 4.86. The number of rotatable bonds is 7. The van der Waals surface area contributed by atoms with Crippen LogP contribution in [0.3, 0.4) is 0 Å². The summed E-state index contributed by atoms with van der Waals surface area (Å²) in [5, 5.41) is 3.93. The van der Waals surface area contributed by atoms with E-state index < -0.39 is 0 Å². The SMILES string of the molecule is CCCNc1nc(N)c(C(=O)N(CC2CC2)C(C)C)s1. The second-order valence-corrected chi connectivity index (χ2v) is 6.65. The Morgan fingerprint density at radius 1 is 1.55 bits per heavy atom. The van der Waals surface area contributed by atoms with E-state index in [1.54, 1.807) is 0 Å². The first kappa shape index (κ1) is 15.1. The molecule has 1 saturated carbocycles. The number of aromatic nitrogens is 1. The van der Waals surface area contributed by atoms with Gasteiger partial charge in [-0.3, -0.25) is 4.79 Å². The van der Waals surface area contributed by atoms with Crippen molar-refractivity contribution in [1.82, 2.24) is 9.88 Å². The van der Waals surface area contributed by atoms with Crippen molar-refractivity contribution >= 4 is 28.2 Å². The smallest absolute Gasteiger partial charge is 0.268 e. The summed E-state index contributed by atoms with van der Waals surface area (Å²) in [7, 11) is 0. The van der Waals surface area contributed by atoms with Gasteiger partial charge in [0.15, 0.2) is 5.13 Å². The van der Waals surface area contributed by atoms with Crippen LogP contribution < -0.4 is 11.1 Å². The Bertz CT molecular complexity index is 468. The van der Waals surface area contributed by atoms with Crippen LogP contribution in [0, 0.1) is 5.92 Å². The molecule has 6 heteroatoms. The molecule has 0 spiro atoms. The van der Waals surface area contributed by atoms with Crippen molar-refractivity contribution < 1.29 is 4.79 Å². The first-order valence-corrected chi connectivity index (χ1v) is 8.15. The molecule has 0 atom stereocenters. The lowest BCUT2D eigenvalue weighted by Crippen LogP contribution is -2.38. The Morgan fingerprint density at radius 3 is 2.80 bits per heavy atom. The first-order valence-electron chi connectivity index (χ1n) is 7.34. The third kappa shape index (κ3) is 3.62. The number of nitrogen functional groups attached to an aromatic ring is 1. The van der Waals surface area contributed by atoms with Crippen LogP contribution in [0.5, 0.6) is 0 Å². The number of nitrogens with one attached hydrogen (secondary N) is 1. The molecule has 0 bridgehead atoms. The van der Waals surface area contributed by atoms with Crippen LogP contribution in [0.2, 0.25) is 0 Å². The molecule has 1 amide bonds. The lowest BCUT2D eigenvalue weighted by atomic mass is 10.2. The molecule has 112 valence electrons. The van der Waals surface area contributed by atoms with Gasteiger partial charge in [-0.1, -0.05) is 18.3 Å². The lowest BCUT2D eigenvalue weighted by Gasteiger charge is -2.26. The van der Waals surface area contributed by atoms with Gasteiger partial charge in [-0.25, -0.2) is 4.98 Å². The second kappa shape index (κ2) is 6.43. The first-order chi connectivity index (χ1) is 9.52. The highest BCUT2D eigenvalue weighted by atomic mass is 32.1. The summed E-state index contributed by atoms with van der Waals surface area (Å²) in [6, 6.07) is 0.191. The fraction of sp³-hybridized carbons (Fsp3) is 0.714. The van der Waals surface area contributed by atoms with Gasteiger partial charge in [0.1, 0.15) is 10.7 Å². The number of amides is 1. The van der Waals surface area contributed by atoms with Crippen LogP contribution in [0.25, 0.3) is 0 Å². The molecule has 0 aliphatic heterocycles. The van der Waals surface area contributed by atoms with Crippen molar-refractivity contribution in [1.29, 1.82) is 0 Å². The van der Waals surface area contributed by atoms with Crippen LogP contribution in [-0.4, -0.2) is 34.9 Å². The summed E-state index contributed by atoms with van der Waals surface area (Å²) in [6.07, 6.45) is 3.48. The van der Waals surface area contributed by atoms with Gasteiger partial charge in [-0.2, -0.15) is 0 Å². The minimum Gasteiger partial charge on any atom is -0.382 e. The zero-order chi connectivity index (χ0) is 14.7. The third-order valence-corrected chi connectivity index (χ3v) is 4.43. The molecular formula is C14H24N4OS. The molecule has 1 aromatic heterocycles. The van der Waals surface area contributed by atoms with Gasteiger partial charge in [-0.15, -0.1) is 0 Å². The van der Waals surface area contributed by atoms with Crippen molar-refractivity contribution in [2.45, 2.75) is 46.1 Å². The van der Waals surface area contributed by atoms with Crippen LogP contribution >= 0.6 is 11.3 Å². The maximum absolute atomic E-state index is 12.6. The summed E-state index contributed by atoms with van der Waals surface area (Å²) < 4.78 is 0. The molecule has 1 fully saturated rings. The van der Waals surface area contributed by atoms with E-state index >= 15 is 0 Å². The van der Waals surface area contributed by atoms with Gasteiger partial charge in [0.05, 0.1) is 0 Å². The number of hydrogen-bond donors (Lipinski definition) is 2. The number of hydrogen-bond acceptors (Lipinski definition) is 5. The summed E-state index contributed by atoms with van der Waals surface area (Å²) >= 11 is 1.36. The molecule has 5 nitrogen and oxygen atoms in total. The number of anilines is 2. The Balaban J connectivity index is 2.11. The van der Waals surface area contributed by atoms with Crippen molar-refractivity contribution in [2.75, 3.05) is 24.1 Å². The van der Waals surface area contributed by atoms with Crippen molar-refractivity contribution in [2.24, 2.45) is 5.92 Å². The summed E-state index contributed by atoms with van der Waals surface area (Å²) in [4.78, 5) is 19.4. The fourth-order valence-electron chi connectivity index (χ4n) is 2.03. The molecular weight excluding hydrogens is 272 g/mol. The zero-order valence-electron chi connectivity index (χ0n) is 12.5. The van der Waals surface area contributed by atoms with Crippen LogP contribution in [0.15, 0.2) is 0 Å². The second-order valence-electron chi connectivity index (χ2n) is 5.65. The third-order valence-electron chi connectivity index (χ3n) is 3.41.